The molecule has 0 saturated carbocycles. The second-order valence-corrected chi connectivity index (χ2v) is 1.70. The summed E-state index contributed by atoms with van der Waals surface area (Å²) in [5.41, 5.74) is -0.351. The van der Waals surface area contributed by atoms with Gasteiger partial charge in [-0.2, -0.15) is 5.26 Å². The molecule has 0 amide bonds. The van der Waals surface area contributed by atoms with Crippen molar-refractivity contribution in [1.29, 1.82) is 5.26 Å². The van der Waals surface area contributed by atoms with Gasteiger partial charge in [-0.3, -0.25) is 9.78 Å². The number of H-pyrrole nitrogens is 1. The first-order chi connectivity index (χ1) is 4.74. The maximum atomic E-state index is 10.4. The molecule has 1 rings (SSSR count). The second-order valence-electron chi connectivity index (χ2n) is 1.70. The molecule has 0 bridgehead atoms. The van der Waals surface area contributed by atoms with Crippen LogP contribution < -0.4 is 35.1 Å². The number of aromatic amines is 1. The average molecular weight is 196 g/mol. The van der Waals surface area contributed by atoms with Crippen LogP contribution in [0.2, 0.25) is 0 Å². The minimum Gasteiger partial charge on any atom is -1.00 e. The van der Waals surface area contributed by atoms with Gasteiger partial charge in [-0.25, -0.2) is 0 Å². The Bertz CT molecular complexity index is 348. The number of nitrogens with one attached hydrogen (secondary N) is 1. The minimum atomic E-state index is -0.420. The van der Waals surface area contributed by atoms with E-state index in [1.807, 2.05) is 0 Å². The van der Waals surface area contributed by atoms with Crippen molar-refractivity contribution in [2.45, 2.75) is 0 Å². The van der Waals surface area contributed by atoms with Crippen molar-refractivity contribution in [2.75, 3.05) is 0 Å². The number of hydrogen-bond donors (Lipinski definition) is 2. The van der Waals surface area contributed by atoms with Gasteiger partial charge < -0.3 is 17.5 Å². The number of hydrogen-bond acceptors (Lipinski definition) is 3. The Balaban J connectivity index is -0.000000125. The molecule has 0 spiro atoms. The molecule has 0 saturated heterocycles. The molecule has 13 heavy (non-hydrogen) atoms. The molecular weight excluding hydrogens is 187 g/mol. The van der Waals surface area contributed by atoms with Gasteiger partial charge in [0.15, 0.2) is 0 Å². The summed E-state index contributed by atoms with van der Waals surface area (Å²) in [4.78, 5) is 12.5. The summed E-state index contributed by atoms with van der Waals surface area (Å²) in [7, 11) is 0. The van der Waals surface area contributed by atoms with Crippen LogP contribution >= 0.6 is 0 Å². The largest absolute Gasteiger partial charge is 1.00 e. The van der Waals surface area contributed by atoms with Gasteiger partial charge in [-0.15, -0.1) is 0 Å². The van der Waals surface area contributed by atoms with E-state index in [0.717, 1.165) is 0 Å². The van der Waals surface area contributed by atoms with Gasteiger partial charge in [0.25, 0.3) is 5.56 Å². The van der Waals surface area contributed by atoms with E-state index in [4.69, 9.17) is 10.4 Å². The molecule has 68 valence electrons. The minimum absolute atomic E-state index is 0. The van der Waals surface area contributed by atoms with E-state index in [2.05, 4.69) is 4.98 Å². The Kier molecular flexibility index (Phi) is 10.8. The van der Waals surface area contributed by atoms with Crippen LogP contribution in [0.5, 0.6) is 5.88 Å². The van der Waals surface area contributed by atoms with Gasteiger partial charge in [-0.1, -0.05) is 0 Å². The molecule has 6 N–H and O–H groups in total. The van der Waals surface area contributed by atoms with Crippen LogP contribution in [-0.4, -0.2) is 21.0 Å². The van der Waals surface area contributed by atoms with E-state index in [0.29, 0.717) is 0 Å². The molecule has 0 fully saturated rings. The standard InChI is InChI=1S/C6H4N2O2.Na.2H2O.H/c7-3-4-1-2-5(9)8-6(4)10;;;;/h1-2H,(H2,8,9,10);;2*1H2;/q;+1;;;-1. The van der Waals surface area contributed by atoms with Gasteiger partial charge in [0.1, 0.15) is 11.6 Å². The molecule has 6 nitrogen and oxygen atoms in total. The van der Waals surface area contributed by atoms with Gasteiger partial charge in [0.2, 0.25) is 5.88 Å². The predicted octanol–water partition coefficient (Wildman–Crippen LogP) is -4.58. The van der Waals surface area contributed by atoms with Gasteiger partial charge in [-0.05, 0) is 6.07 Å². The molecule has 7 heteroatoms. The SMILES string of the molecule is N#Cc1ccc(=O)[nH]c1O.O.O.[H-].[Na+]. The Morgan fingerprint density at radius 3 is 2.38 bits per heavy atom. The molecule has 0 radical (unpaired) electrons. The summed E-state index contributed by atoms with van der Waals surface area (Å²) in [6, 6.07) is 4.14. The summed E-state index contributed by atoms with van der Waals surface area (Å²) in [6.07, 6.45) is 0. The van der Waals surface area contributed by atoms with Crippen molar-refractivity contribution in [1.82, 2.24) is 4.98 Å². The average Bonchev–Trinajstić information content (AvgIpc) is 1.88. The third-order valence-corrected chi connectivity index (χ3v) is 1.02. The molecule has 0 aliphatic carbocycles. The fraction of sp³-hybridized carbons (Fsp3) is 0. The molecule has 0 aliphatic rings. The van der Waals surface area contributed by atoms with Crippen LogP contribution in [0.25, 0.3) is 0 Å². The van der Waals surface area contributed by atoms with E-state index in [9.17, 15) is 4.79 Å². The molecule has 1 heterocycles. The van der Waals surface area contributed by atoms with Crippen molar-refractivity contribution in [3.63, 3.8) is 0 Å². The number of rotatable bonds is 0. The molecule has 1 aromatic rings. The van der Waals surface area contributed by atoms with Crippen LogP contribution in [0, 0.1) is 11.3 Å². The molecule has 1 aromatic heterocycles. The Morgan fingerprint density at radius 2 is 2.00 bits per heavy atom. The van der Waals surface area contributed by atoms with Crippen LogP contribution in [0.4, 0.5) is 0 Å². The number of nitrogens with zero attached hydrogens (tertiary/aromatic N) is 1. The molecular formula is C6H9N2NaO4. The normalized spacial score (nSPS) is 6.69. The van der Waals surface area contributed by atoms with Crippen LogP contribution in [0.15, 0.2) is 16.9 Å². The fourth-order valence-corrected chi connectivity index (χ4v) is 0.554. The Morgan fingerprint density at radius 1 is 1.46 bits per heavy atom. The number of nitriles is 1. The van der Waals surface area contributed by atoms with Crippen molar-refractivity contribution >= 4 is 0 Å². The Hall–Kier alpha value is -0.840. The summed E-state index contributed by atoms with van der Waals surface area (Å²) in [5.74, 6) is -0.380. The summed E-state index contributed by atoms with van der Waals surface area (Å²) >= 11 is 0. The van der Waals surface area contributed by atoms with Gasteiger partial charge >= 0.3 is 29.6 Å². The van der Waals surface area contributed by atoms with Crippen molar-refractivity contribution in [2.24, 2.45) is 0 Å². The van der Waals surface area contributed by atoms with E-state index in [1.54, 1.807) is 6.07 Å². The summed E-state index contributed by atoms with van der Waals surface area (Å²) in [5, 5.41) is 17.1. The second kappa shape index (κ2) is 7.79. The smallest absolute Gasteiger partial charge is 1.00 e. The third kappa shape index (κ3) is 4.67. The van der Waals surface area contributed by atoms with E-state index >= 15 is 0 Å². The van der Waals surface area contributed by atoms with E-state index in [-0.39, 0.29) is 53.4 Å². The monoisotopic (exact) mass is 196 g/mol. The van der Waals surface area contributed by atoms with Crippen LogP contribution in [0.1, 0.15) is 6.99 Å². The third-order valence-electron chi connectivity index (χ3n) is 1.02. The van der Waals surface area contributed by atoms with Crippen LogP contribution in [-0.2, 0) is 0 Å². The number of aromatic nitrogens is 1. The molecule has 0 aliphatic heterocycles. The molecule has 0 unspecified atom stereocenters. The molecule has 0 aromatic carbocycles. The first-order valence-electron chi connectivity index (χ1n) is 2.56. The maximum absolute atomic E-state index is 10.4. The quantitative estimate of drug-likeness (QED) is 0.403. The van der Waals surface area contributed by atoms with Gasteiger partial charge in [0.05, 0.1) is 0 Å². The summed E-state index contributed by atoms with van der Waals surface area (Å²) in [6.45, 7) is 0. The van der Waals surface area contributed by atoms with E-state index < -0.39 is 5.56 Å². The fourth-order valence-electron chi connectivity index (χ4n) is 0.554. The number of aromatic hydroxyl groups is 1. The van der Waals surface area contributed by atoms with Gasteiger partial charge in [0, 0.05) is 6.07 Å². The zero-order valence-corrected chi connectivity index (χ0v) is 8.96. The first-order valence-corrected chi connectivity index (χ1v) is 2.56. The predicted molar refractivity (Wildman–Crippen MR) is 41.8 cm³/mol. The first kappa shape index (κ1) is 18.0. The van der Waals surface area contributed by atoms with E-state index in [1.165, 1.54) is 12.1 Å². The van der Waals surface area contributed by atoms with Crippen molar-refractivity contribution in [3.8, 4) is 11.9 Å². The van der Waals surface area contributed by atoms with Crippen LogP contribution in [0.3, 0.4) is 0 Å². The van der Waals surface area contributed by atoms with Crippen molar-refractivity contribution < 1.29 is 47.0 Å². The molecule has 0 atom stereocenters. The number of pyridine rings is 1. The topological polar surface area (TPSA) is 140 Å². The zero-order valence-electron chi connectivity index (χ0n) is 7.96. The zero-order chi connectivity index (χ0) is 7.56. The Labute approximate surface area is 97.2 Å². The maximum Gasteiger partial charge on any atom is 1.00 e. The van der Waals surface area contributed by atoms with Crippen molar-refractivity contribution in [3.05, 3.63) is 28.0 Å². The summed E-state index contributed by atoms with van der Waals surface area (Å²) < 4.78 is 0.